The molecule has 1 aromatic rings. The van der Waals surface area contributed by atoms with Crippen molar-refractivity contribution in [2.75, 3.05) is 39.9 Å². The second-order valence-corrected chi connectivity index (χ2v) is 8.59. The van der Waals surface area contributed by atoms with Crippen LogP contribution in [0.4, 0.5) is 0 Å². The van der Waals surface area contributed by atoms with Gasteiger partial charge in [-0.05, 0) is 45.2 Å². The molecule has 2 aliphatic rings. The molecule has 1 N–H and O–H groups in total. The van der Waals surface area contributed by atoms with E-state index in [0.29, 0.717) is 31.2 Å². The van der Waals surface area contributed by atoms with E-state index in [0.717, 1.165) is 25.9 Å². The maximum absolute atomic E-state index is 13.1. The Morgan fingerprint density at radius 3 is 2.58 bits per heavy atom. The molecule has 7 nitrogen and oxygen atoms in total. The van der Waals surface area contributed by atoms with Crippen LogP contribution in [0.1, 0.15) is 24.3 Å². The molecule has 138 valence electrons. The summed E-state index contributed by atoms with van der Waals surface area (Å²) < 4.78 is 38.2. The number of nitrogens with one attached hydrogen (secondary N) is 1. The minimum Gasteiger partial charge on any atom is -0.384 e. The molecule has 1 unspecified atom stereocenters. The molecule has 24 heavy (non-hydrogen) atoms. The summed E-state index contributed by atoms with van der Waals surface area (Å²) in [6, 6.07) is 0. The maximum Gasteiger partial charge on any atom is 0.248 e. The Morgan fingerprint density at radius 1 is 1.38 bits per heavy atom. The first kappa shape index (κ1) is 19.7. The largest absolute Gasteiger partial charge is 0.384 e. The molecule has 1 atom stereocenters. The lowest BCUT2D eigenvalue weighted by molar-refractivity contribution is 0.0718. The van der Waals surface area contributed by atoms with Crippen LogP contribution >= 0.6 is 12.4 Å². The van der Waals surface area contributed by atoms with E-state index in [4.69, 9.17) is 9.26 Å². The Bertz CT molecular complexity index is 651. The van der Waals surface area contributed by atoms with Gasteiger partial charge in [-0.25, -0.2) is 8.42 Å². The third-order valence-electron chi connectivity index (χ3n) is 5.31. The summed E-state index contributed by atoms with van der Waals surface area (Å²) in [6.45, 7) is 6.82. The van der Waals surface area contributed by atoms with Crippen LogP contribution in [0.2, 0.25) is 0 Å². The molecule has 2 fully saturated rings. The van der Waals surface area contributed by atoms with Crippen molar-refractivity contribution in [3.05, 3.63) is 11.5 Å². The standard InChI is InChI=1S/C15H25N3O4S.ClH/c1-11-14(12(2)22-17-11)23(19,20)18-8-13(9-21-3)15(10-18)4-6-16-7-5-15;/h13,16H,4-10H2,1-3H3;1H. The first-order valence-corrected chi connectivity index (χ1v) is 9.47. The van der Waals surface area contributed by atoms with Gasteiger partial charge in [0.1, 0.15) is 10.6 Å². The molecule has 0 aromatic carbocycles. The van der Waals surface area contributed by atoms with Crippen LogP contribution in [0.15, 0.2) is 9.42 Å². The highest BCUT2D eigenvalue weighted by Crippen LogP contribution is 2.45. The third kappa shape index (κ3) is 3.22. The number of rotatable bonds is 4. The number of sulfonamides is 1. The van der Waals surface area contributed by atoms with Gasteiger partial charge in [-0.15, -0.1) is 12.4 Å². The van der Waals surface area contributed by atoms with E-state index in [1.807, 2.05) is 0 Å². The Hall–Kier alpha value is -0.670. The van der Waals surface area contributed by atoms with Crippen LogP contribution in [0, 0.1) is 25.2 Å². The number of aromatic nitrogens is 1. The smallest absolute Gasteiger partial charge is 0.248 e. The third-order valence-corrected chi connectivity index (χ3v) is 7.37. The summed E-state index contributed by atoms with van der Waals surface area (Å²) in [4.78, 5) is 0.222. The van der Waals surface area contributed by atoms with Gasteiger partial charge < -0.3 is 14.6 Å². The van der Waals surface area contributed by atoms with E-state index in [9.17, 15) is 8.42 Å². The minimum atomic E-state index is -3.58. The predicted molar refractivity (Wildman–Crippen MR) is 91.9 cm³/mol. The van der Waals surface area contributed by atoms with Crippen LogP contribution < -0.4 is 5.32 Å². The number of halogens is 1. The maximum atomic E-state index is 13.1. The van der Waals surface area contributed by atoms with Gasteiger partial charge in [0.15, 0.2) is 5.76 Å². The number of hydrogen-bond acceptors (Lipinski definition) is 6. The number of piperidine rings is 1. The number of aryl methyl sites for hydroxylation is 2. The fourth-order valence-corrected chi connectivity index (χ4v) is 5.93. The predicted octanol–water partition coefficient (Wildman–Crippen LogP) is 1.35. The molecule has 0 saturated carbocycles. The van der Waals surface area contributed by atoms with Crippen LogP contribution in [-0.2, 0) is 14.8 Å². The average Bonchev–Trinajstić information content (AvgIpc) is 3.03. The van der Waals surface area contributed by atoms with Crippen molar-refractivity contribution in [1.82, 2.24) is 14.8 Å². The van der Waals surface area contributed by atoms with Gasteiger partial charge in [0.2, 0.25) is 10.0 Å². The van der Waals surface area contributed by atoms with Gasteiger partial charge in [-0.1, -0.05) is 5.16 Å². The molecule has 9 heteroatoms. The highest BCUT2D eigenvalue weighted by Gasteiger charge is 2.50. The Morgan fingerprint density at radius 2 is 2.04 bits per heavy atom. The van der Waals surface area contributed by atoms with E-state index in [1.54, 1.807) is 25.3 Å². The van der Waals surface area contributed by atoms with Crippen LogP contribution in [0.3, 0.4) is 0 Å². The Balaban J connectivity index is 0.00000208. The van der Waals surface area contributed by atoms with Crippen LogP contribution in [0.5, 0.6) is 0 Å². The fourth-order valence-electron chi connectivity index (χ4n) is 4.06. The minimum absolute atomic E-state index is 0. The van der Waals surface area contributed by atoms with Gasteiger partial charge in [0.25, 0.3) is 0 Å². The SMILES string of the molecule is COCC1CN(S(=O)(=O)c2c(C)noc2C)CC12CCNCC2.Cl. The molecule has 2 saturated heterocycles. The van der Waals surface area contributed by atoms with Gasteiger partial charge in [0.05, 0.1) is 6.61 Å². The number of hydrogen-bond donors (Lipinski definition) is 1. The molecular weight excluding hydrogens is 354 g/mol. The zero-order valence-corrected chi connectivity index (χ0v) is 16.0. The fraction of sp³-hybridized carbons (Fsp3) is 0.800. The lowest BCUT2D eigenvalue weighted by Gasteiger charge is -2.38. The monoisotopic (exact) mass is 379 g/mol. The van der Waals surface area contributed by atoms with Gasteiger partial charge in [-0.2, -0.15) is 4.31 Å². The Labute approximate surface area is 149 Å². The summed E-state index contributed by atoms with van der Waals surface area (Å²) in [6.07, 6.45) is 1.96. The molecule has 2 aliphatic heterocycles. The molecule has 0 radical (unpaired) electrons. The van der Waals surface area contributed by atoms with Gasteiger partial charge in [-0.3, -0.25) is 0 Å². The zero-order valence-electron chi connectivity index (χ0n) is 14.4. The highest BCUT2D eigenvalue weighted by atomic mass is 35.5. The number of nitrogens with zero attached hydrogens (tertiary/aromatic N) is 2. The van der Waals surface area contributed by atoms with Crippen molar-refractivity contribution < 1.29 is 17.7 Å². The molecule has 3 heterocycles. The second kappa shape index (κ2) is 7.29. The first-order valence-electron chi connectivity index (χ1n) is 8.03. The highest BCUT2D eigenvalue weighted by molar-refractivity contribution is 7.89. The van der Waals surface area contributed by atoms with Gasteiger partial charge >= 0.3 is 0 Å². The summed E-state index contributed by atoms with van der Waals surface area (Å²) in [5.74, 6) is 0.585. The summed E-state index contributed by atoms with van der Waals surface area (Å²) in [7, 11) is -1.90. The summed E-state index contributed by atoms with van der Waals surface area (Å²) >= 11 is 0. The van der Waals surface area contributed by atoms with Crippen molar-refractivity contribution in [3.8, 4) is 0 Å². The van der Waals surface area contributed by atoms with E-state index in [2.05, 4.69) is 10.5 Å². The van der Waals surface area contributed by atoms with Crippen molar-refractivity contribution in [1.29, 1.82) is 0 Å². The van der Waals surface area contributed by atoms with Crippen molar-refractivity contribution in [2.45, 2.75) is 31.6 Å². The lowest BCUT2D eigenvalue weighted by atomic mass is 9.71. The van der Waals surface area contributed by atoms with E-state index in [1.165, 1.54) is 0 Å². The normalized spacial score (nSPS) is 24.2. The van der Waals surface area contributed by atoms with Crippen LogP contribution in [0.25, 0.3) is 0 Å². The number of methoxy groups -OCH3 is 1. The average molecular weight is 380 g/mol. The molecule has 3 rings (SSSR count). The van der Waals surface area contributed by atoms with E-state index >= 15 is 0 Å². The molecule has 0 aliphatic carbocycles. The van der Waals surface area contributed by atoms with E-state index < -0.39 is 10.0 Å². The zero-order chi connectivity index (χ0) is 16.7. The molecular formula is C15H26ClN3O4S. The molecule has 1 spiro atoms. The number of ether oxygens (including phenoxy) is 1. The molecule has 0 amide bonds. The lowest BCUT2D eigenvalue weighted by Crippen LogP contribution is -2.43. The van der Waals surface area contributed by atoms with Gasteiger partial charge in [0, 0.05) is 26.1 Å². The quantitative estimate of drug-likeness (QED) is 0.850. The first-order chi connectivity index (χ1) is 10.9. The summed E-state index contributed by atoms with van der Waals surface area (Å²) in [5.41, 5.74) is 0.435. The van der Waals surface area contributed by atoms with Crippen molar-refractivity contribution in [3.63, 3.8) is 0 Å². The molecule has 0 bridgehead atoms. The van der Waals surface area contributed by atoms with Crippen molar-refractivity contribution in [2.24, 2.45) is 11.3 Å². The van der Waals surface area contributed by atoms with Crippen molar-refractivity contribution >= 4 is 22.4 Å². The summed E-state index contributed by atoms with van der Waals surface area (Å²) in [5, 5.41) is 7.16. The van der Waals surface area contributed by atoms with Crippen LogP contribution in [-0.4, -0.2) is 57.8 Å². The molecule has 1 aromatic heterocycles. The Kier molecular flexibility index (Phi) is 5.97. The second-order valence-electron chi connectivity index (χ2n) is 6.72. The van der Waals surface area contributed by atoms with E-state index in [-0.39, 0.29) is 28.6 Å². The topological polar surface area (TPSA) is 84.7 Å².